The van der Waals surface area contributed by atoms with Crippen LogP contribution < -0.4 is 5.32 Å². The van der Waals surface area contributed by atoms with E-state index in [1.807, 2.05) is 49.6 Å². The molecule has 0 amide bonds. The number of hydrogen-bond donors (Lipinski definition) is 2. The molecule has 2 aromatic rings. The van der Waals surface area contributed by atoms with Gasteiger partial charge >= 0.3 is 0 Å². The van der Waals surface area contributed by atoms with E-state index in [1.54, 1.807) is 0 Å². The lowest BCUT2D eigenvalue weighted by atomic mass is 9.99. The fourth-order valence-corrected chi connectivity index (χ4v) is 2.23. The van der Waals surface area contributed by atoms with E-state index in [4.69, 9.17) is 0 Å². The summed E-state index contributed by atoms with van der Waals surface area (Å²) in [5.41, 5.74) is 2.42. The highest BCUT2D eigenvalue weighted by Crippen LogP contribution is 2.21. The van der Waals surface area contributed by atoms with E-state index >= 15 is 0 Å². The molecule has 20 heavy (non-hydrogen) atoms. The Bertz CT molecular complexity index is 447. The van der Waals surface area contributed by atoms with Crippen LogP contribution in [0.3, 0.4) is 0 Å². The molecule has 1 heterocycles. The van der Waals surface area contributed by atoms with Crippen LogP contribution in [-0.4, -0.2) is 22.7 Å². The lowest BCUT2D eigenvalue weighted by molar-refractivity contribution is 0.159. The van der Waals surface area contributed by atoms with Crippen LogP contribution in [0.5, 0.6) is 0 Å². The topological polar surface area (TPSA) is 45.1 Å². The molecule has 0 saturated heterocycles. The third-order valence-electron chi connectivity index (χ3n) is 3.47. The van der Waals surface area contributed by atoms with E-state index < -0.39 is 0 Å². The second-order valence-corrected chi connectivity index (χ2v) is 4.93. The number of nitrogens with one attached hydrogen (secondary N) is 1. The first-order chi connectivity index (χ1) is 9.81. The van der Waals surface area contributed by atoms with E-state index in [-0.39, 0.29) is 12.1 Å². The molecule has 0 spiro atoms. The highest BCUT2D eigenvalue weighted by atomic mass is 16.3. The quantitative estimate of drug-likeness (QED) is 0.813. The van der Waals surface area contributed by atoms with Crippen molar-refractivity contribution in [3.63, 3.8) is 0 Å². The lowest BCUT2D eigenvalue weighted by Gasteiger charge is -2.20. The van der Waals surface area contributed by atoms with Gasteiger partial charge in [-0.15, -0.1) is 0 Å². The van der Waals surface area contributed by atoms with E-state index in [9.17, 15) is 5.11 Å². The Morgan fingerprint density at radius 3 is 2.35 bits per heavy atom. The van der Waals surface area contributed by atoms with Gasteiger partial charge in [0.1, 0.15) is 0 Å². The number of rotatable bonds is 7. The molecule has 106 valence electrons. The summed E-state index contributed by atoms with van der Waals surface area (Å²) in [6.07, 6.45) is 4.97. The Morgan fingerprint density at radius 2 is 1.70 bits per heavy atom. The summed E-state index contributed by atoms with van der Waals surface area (Å²) in [5, 5.41) is 13.2. The maximum atomic E-state index is 9.66. The Hall–Kier alpha value is -1.71. The minimum Gasteiger partial charge on any atom is -0.393 e. The van der Waals surface area contributed by atoms with Crippen molar-refractivity contribution >= 4 is 0 Å². The first-order valence-corrected chi connectivity index (χ1v) is 7.17. The molecule has 2 rings (SSSR count). The Morgan fingerprint density at radius 1 is 1.05 bits per heavy atom. The van der Waals surface area contributed by atoms with Gasteiger partial charge in [-0.05, 0) is 42.6 Å². The van der Waals surface area contributed by atoms with Gasteiger partial charge in [-0.1, -0.05) is 37.3 Å². The number of aliphatic hydroxyl groups excluding tert-OH is 1. The summed E-state index contributed by atoms with van der Waals surface area (Å²) in [7, 11) is 0. The Labute approximate surface area is 120 Å². The fraction of sp³-hybridized carbons (Fsp3) is 0.353. The molecule has 3 nitrogen and oxygen atoms in total. The number of aliphatic hydroxyl groups is 1. The van der Waals surface area contributed by atoms with Crippen LogP contribution in [0.4, 0.5) is 0 Å². The largest absolute Gasteiger partial charge is 0.393 e. The molecule has 3 heteroatoms. The summed E-state index contributed by atoms with van der Waals surface area (Å²) in [4.78, 5) is 4.08. The van der Waals surface area contributed by atoms with Gasteiger partial charge in [0.25, 0.3) is 0 Å². The minimum atomic E-state index is -0.226. The SMILES string of the molecule is CCC(O)CCNC(c1ccccc1)c1ccncc1. The van der Waals surface area contributed by atoms with Crippen LogP contribution in [0.15, 0.2) is 54.9 Å². The van der Waals surface area contributed by atoms with E-state index in [0.29, 0.717) is 0 Å². The van der Waals surface area contributed by atoms with Crippen molar-refractivity contribution in [2.45, 2.75) is 31.9 Å². The average molecular weight is 270 g/mol. The zero-order valence-corrected chi connectivity index (χ0v) is 11.9. The van der Waals surface area contributed by atoms with Crippen LogP contribution in [0, 0.1) is 0 Å². The molecule has 0 fully saturated rings. The maximum absolute atomic E-state index is 9.66. The zero-order valence-electron chi connectivity index (χ0n) is 11.9. The molecule has 0 bridgehead atoms. The van der Waals surface area contributed by atoms with Crippen molar-refractivity contribution in [1.82, 2.24) is 10.3 Å². The first-order valence-electron chi connectivity index (χ1n) is 7.17. The average Bonchev–Trinajstić information content (AvgIpc) is 2.53. The lowest BCUT2D eigenvalue weighted by Crippen LogP contribution is -2.26. The molecule has 1 aromatic heterocycles. The van der Waals surface area contributed by atoms with Gasteiger partial charge in [-0.3, -0.25) is 4.98 Å². The third-order valence-corrected chi connectivity index (χ3v) is 3.47. The summed E-state index contributed by atoms with van der Waals surface area (Å²) in [5.74, 6) is 0. The van der Waals surface area contributed by atoms with Gasteiger partial charge in [0.15, 0.2) is 0 Å². The minimum absolute atomic E-state index is 0.142. The number of benzene rings is 1. The van der Waals surface area contributed by atoms with E-state index in [1.165, 1.54) is 11.1 Å². The van der Waals surface area contributed by atoms with Gasteiger partial charge in [0.05, 0.1) is 12.1 Å². The zero-order chi connectivity index (χ0) is 14.2. The highest BCUT2D eigenvalue weighted by molar-refractivity contribution is 5.30. The second kappa shape index (κ2) is 7.78. The number of pyridine rings is 1. The van der Waals surface area contributed by atoms with Crippen molar-refractivity contribution in [2.24, 2.45) is 0 Å². The smallest absolute Gasteiger partial charge is 0.0577 e. The standard InChI is InChI=1S/C17H22N2O/c1-2-16(20)10-13-19-17(14-6-4-3-5-7-14)15-8-11-18-12-9-15/h3-9,11-12,16-17,19-20H,2,10,13H2,1H3. The van der Waals surface area contributed by atoms with E-state index in [0.717, 1.165) is 19.4 Å². The molecule has 2 N–H and O–H groups in total. The molecular weight excluding hydrogens is 248 g/mol. The molecular formula is C17H22N2O. The van der Waals surface area contributed by atoms with Crippen molar-refractivity contribution < 1.29 is 5.11 Å². The molecule has 2 unspecified atom stereocenters. The Kier molecular flexibility index (Phi) is 5.71. The van der Waals surface area contributed by atoms with Crippen LogP contribution in [0.1, 0.15) is 36.9 Å². The molecule has 0 aliphatic rings. The normalized spacial score (nSPS) is 13.9. The molecule has 0 aliphatic heterocycles. The van der Waals surface area contributed by atoms with Crippen LogP contribution in [-0.2, 0) is 0 Å². The van der Waals surface area contributed by atoms with Gasteiger partial charge in [0.2, 0.25) is 0 Å². The van der Waals surface area contributed by atoms with Crippen LogP contribution in [0.2, 0.25) is 0 Å². The second-order valence-electron chi connectivity index (χ2n) is 4.93. The van der Waals surface area contributed by atoms with Gasteiger partial charge in [0, 0.05) is 12.4 Å². The van der Waals surface area contributed by atoms with Crippen LogP contribution in [0.25, 0.3) is 0 Å². The predicted octanol–water partition coefficient (Wildman–Crippen LogP) is 2.92. The molecule has 1 aromatic carbocycles. The fourth-order valence-electron chi connectivity index (χ4n) is 2.23. The van der Waals surface area contributed by atoms with Gasteiger partial charge < -0.3 is 10.4 Å². The van der Waals surface area contributed by atoms with Gasteiger partial charge in [-0.25, -0.2) is 0 Å². The third kappa shape index (κ3) is 4.15. The summed E-state index contributed by atoms with van der Waals surface area (Å²) in [6.45, 7) is 2.79. The highest BCUT2D eigenvalue weighted by Gasteiger charge is 2.13. The summed E-state index contributed by atoms with van der Waals surface area (Å²) < 4.78 is 0. The number of hydrogen-bond acceptors (Lipinski definition) is 3. The molecule has 0 saturated carbocycles. The van der Waals surface area contributed by atoms with Crippen molar-refractivity contribution in [3.8, 4) is 0 Å². The molecule has 0 aliphatic carbocycles. The first kappa shape index (κ1) is 14.7. The van der Waals surface area contributed by atoms with E-state index in [2.05, 4.69) is 22.4 Å². The van der Waals surface area contributed by atoms with Gasteiger partial charge in [-0.2, -0.15) is 0 Å². The van der Waals surface area contributed by atoms with Crippen molar-refractivity contribution in [2.75, 3.05) is 6.54 Å². The Balaban J connectivity index is 2.09. The predicted molar refractivity (Wildman–Crippen MR) is 81.4 cm³/mol. The van der Waals surface area contributed by atoms with Crippen molar-refractivity contribution in [1.29, 1.82) is 0 Å². The molecule has 0 radical (unpaired) electrons. The number of nitrogens with zero attached hydrogens (tertiary/aromatic N) is 1. The maximum Gasteiger partial charge on any atom is 0.0577 e. The summed E-state index contributed by atoms with van der Waals surface area (Å²) in [6, 6.07) is 14.6. The van der Waals surface area contributed by atoms with Crippen LogP contribution >= 0.6 is 0 Å². The monoisotopic (exact) mass is 270 g/mol. The molecule has 2 atom stereocenters. The number of aromatic nitrogens is 1. The summed E-state index contributed by atoms with van der Waals surface area (Å²) >= 11 is 0. The van der Waals surface area contributed by atoms with Crippen molar-refractivity contribution in [3.05, 3.63) is 66.0 Å².